The van der Waals surface area contributed by atoms with Crippen molar-refractivity contribution < 1.29 is 0 Å². The van der Waals surface area contributed by atoms with E-state index in [2.05, 4.69) is 520 Å². The van der Waals surface area contributed by atoms with Crippen LogP contribution in [-0.2, 0) is 32.5 Å². The first kappa shape index (κ1) is 86.2. The van der Waals surface area contributed by atoms with Gasteiger partial charge in [-0.05, 0) is 351 Å². The highest BCUT2D eigenvalue weighted by Gasteiger charge is 2.49. The van der Waals surface area contributed by atoms with Crippen molar-refractivity contribution in [2.24, 2.45) is 0 Å². The number of hydrogen-bond donors (Lipinski definition) is 0. The van der Waals surface area contributed by atoms with E-state index in [4.69, 9.17) is 0 Å². The Labute approximate surface area is 843 Å². The monoisotopic (exact) mass is 1840 g/mol. The van der Waals surface area contributed by atoms with Crippen molar-refractivity contribution in [3.8, 4) is 156 Å². The Kier molecular flexibility index (Phi) is 19.2. The Morgan fingerprint density at radius 2 is 0.371 bits per heavy atom. The molecule has 0 unspecified atom stereocenters. The molecule has 1 aromatic heterocycles. The lowest BCUT2D eigenvalue weighted by Crippen LogP contribution is -2.24. The molecule has 0 nitrogen and oxygen atoms in total. The number of hydrogen-bond acceptors (Lipinski definition) is 1. The van der Waals surface area contributed by atoms with Crippen LogP contribution in [0.3, 0.4) is 0 Å². The predicted octanol–water partition coefficient (Wildman–Crippen LogP) is 39.2. The van der Waals surface area contributed by atoms with E-state index in [-0.39, 0.29) is 32.5 Å². The second-order valence-electron chi connectivity index (χ2n) is 44.1. The fourth-order valence-corrected chi connectivity index (χ4v) is 27.6. The van der Waals surface area contributed by atoms with Crippen LogP contribution in [-0.4, -0.2) is 0 Å². The summed E-state index contributed by atoms with van der Waals surface area (Å²) in [6, 6.07) is 164. The van der Waals surface area contributed by atoms with E-state index in [1.165, 1.54) is 286 Å². The standard InChI is InChI=1S/2C50H38.C42H32S/c1-49(2)45-15-8-7-14-41(45)43-29-44-42-23-22-40(28-46(42)50(3,4)48(44)30-47(43)49)34-13-9-12-33(25-34)35-18-19-39-27-38(21-20-37(39)26-35)36-17-16-31-10-5-6-11-32(31)24-36;1-49(2)45-15-8-7-14-41(45)43-24-25-44-42-23-22-40(30-46(42)50(3,4)48(44)47(43)49)34-13-9-12-33(27-34)35-18-19-39-29-38(21-20-37(39)28-35)36-17-16-31-10-5-6-11-32(31)26-36;1-41(2)35-17-7-5-13-29(35)32-21-22-33-30-20-19-26(24-36(30)42(3,4)39(33)38(32)41)25-11-9-12-27(23-25)28-15-10-16-34-31-14-6-8-18-37(31)43-40(28)34/h2*5-30H,1-4H3;5-24H,1-4H3. The molecule has 0 amide bonds. The second kappa shape index (κ2) is 31.8. The molecule has 0 N–H and O–H groups in total. The minimum atomic E-state index is -0.104. The molecule has 0 saturated heterocycles. The zero-order chi connectivity index (χ0) is 96.6. The van der Waals surface area contributed by atoms with Gasteiger partial charge in [-0.2, -0.15) is 0 Å². The zero-order valence-corrected chi connectivity index (χ0v) is 83.8. The van der Waals surface area contributed by atoms with E-state index in [0.717, 1.165) is 0 Å². The summed E-state index contributed by atoms with van der Waals surface area (Å²) in [6.07, 6.45) is 0. The molecule has 22 aromatic carbocycles. The third-order valence-electron chi connectivity index (χ3n) is 33.9. The molecule has 0 aliphatic heterocycles. The number of rotatable bonds is 8. The van der Waals surface area contributed by atoms with Gasteiger partial charge in [0, 0.05) is 52.7 Å². The second-order valence-corrected chi connectivity index (χ2v) is 45.2. The Bertz CT molecular complexity index is 9400. The van der Waals surface area contributed by atoms with Gasteiger partial charge < -0.3 is 0 Å². The van der Waals surface area contributed by atoms with Gasteiger partial charge in [0.2, 0.25) is 0 Å². The molecule has 6 aliphatic carbocycles. The van der Waals surface area contributed by atoms with Crippen molar-refractivity contribution in [2.45, 2.75) is 116 Å². The van der Waals surface area contributed by atoms with Crippen LogP contribution in [0.1, 0.15) is 150 Å². The molecule has 0 atom stereocenters. The average Bonchev–Trinajstić information content (AvgIpc) is 1.53. The molecule has 0 radical (unpaired) electrons. The summed E-state index contributed by atoms with van der Waals surface area (Å²) in [6.45, 7) is 28.9. The Morgan fingerprint density at radius 3 is 0.776 bits per heavy atom. The van der Waals surface area contributed by atoms with Gasteiger partial charge in [-0.15, -0.1) is 11.3 Å². The third-order valence-corrected chi connectivity index (χ3v) is 35.1. The molecule has 0 bridgehead atoms. The van der Waals surface area contributed by atoms with E-state index in [1.54, 1.807) is 0 Å². The highest BCUT2D eigenvalue weighted by atomic mass is 32.1. The van der Waals surface area contributed by atoms with Crippen LogP contribution in [0.4, 0.5) is 0 Å². The Morgan fingerprint density at radius 1 is 0.133 bits per heavy atom. The Balaban J connectivity index is 0.000000107. The molecule has 23 aromatic rings. The van der Waals surface area contributed by atoms with Crippen LogP contribution in [0.2, 0.25) is 0 Å². The maximum Gasteiger partial charge on any atom is 0.0433 e. The molecule has 1 heterocycles. The first-order chi connectivity index (χ1) is 69.4. The maximum absolute atomic E-state index is 2.52. The predicted molar refractivity (Wildman–Crippen MR) is 611 cm³/mol. The molecule has 0 spiro atoms. The Hall–Kier alpha value is -15.9. The van der Waals surface area contributed by atoms with Crippen molar-refractivity contribution in [3.05, 3.63) is 504 Å². The molecular formula is C142H108S. The van der Waals surface area contributed by atoms with Gasteiger partial charge in [-0.3, -0.25) is 0 Å². The summed E-state index contributed by atoms with van der Waals surface area (Å²) in [5.74, 6) is 0. The summed E-state index contributed by atoms with van der Waals surface area (Å²) in [4.78, 5) is 0. The van der Waals surface area contributed by atoms with Crippen LogP contribution < -0.4 is 0 Å². The number of thiophene rings is 1. The minimum absolute atomic E-state index is 0.000305. The highest BCUT2D eigenvalue weighted by Crippen LogP contribution is 2.64. The van der Waals surface area contributed by atoms with Crippen LogP contribution in [0, 0.1) is 0 Å². The SMILES string of the molecule is CC1(C)c2ccccc2-c2cc3c(cc21)C(C)(C)c1cc(-c2cccc(-c4ccc5cc(-c6ccc7ccccc7c6)ccc5c4)c2)ccc1-3.CC1(C)c2ccccc2-c2ccc3c(c21)C(C)(C)c1cc(-c2cccc(-c4ccc5cc(-c6ccc7ccccc7c6)ccc5c4)c2)ccc1-3.CC1(C)c2ccccc2-c2ccc3c(c21)C(C)(C)c1cc(-c2cccc(-c4cccc5c4sc4ccccc45)c2)ccc1-3. The smallest absolute Gasteiger partial charge is 0.0433 e. The van der Waals surface area contributed by atoms with Gasteiger partial charge in [-0.1, -0.05) is 435 Å². The summed E-state index contributed by atoms with van der Waals surface area (Å²) in [5, 5.41) is 12.8. The third kappa shape index (κ3) is 13.4. The number of fused-ring (bicyclic) bond motifs is 27. The molecule has 1 heteroatoms. The molecule has 6 aliphatic rings. The lowest BCUT2D eigenvalue weighted by Gasteiger charge is -2.30. The van der Waals surface area contributed by atoms with Crippen LogP contribution in [0.5, 0.6) is 0 Å². The summed E-state index contributed by atoms with van der Waals surface area (Å²) < 4.78 is 2.71. The van der Waals surface area contributed by atoms with E-state index >= 15 is 0 Å². The first-order valence-corrected chi connectivity index (χ1v) is 51.8. The van der Waals surface area contributed by atoms with Crippen molar-refractivity contribution in [3.63, 3.8) is 0 Å². The van der Waals surface area contributed by atoms with Gasteiger partial charge in [0.15, 0.2) is 0 Å². The molecule has 29 rings (SSSR count). The van der Waals surface area contributed by atoms with Gasteiger partial charge in [0.25, 0.3) is 0 Å². The first-order valence-electron chi connectivity index (χ1n) is 50.9. The normalized spacial score (nSPS) is 14.9. The fraction of sp³-hybridized carbons (Fsp3) is 0.127. The zero-order valence-electron chi connectivity index (χ0n) is 83.0. The van der Waals surface area contributed by atoms with E-state index in [9.17, 15) is 0 Å². The lowest BCUT2D eigenvalue weighted by molar-refractivity contribution is 0.601. The average molecular weight is 1850 g/mol. The van der Waals surface area contributed by atoms with Gasteiger partial charge in [-0.25, -0.2) is 0 Å². The van der Waals surface area contributed by atoms with Crippen molar-refractivity contribution in [1.29, 1.82) is 0 Å². The summed E-state index contributed by atoms with van der Waals surface area (Å²) >= 11 is 1.90. The molecule has 0 fully saturated rings. The largest absolute Gasteiger partial charge is 0.135 e. The minimum Gasteiger partial charge on any atom is -0.135 e. The van der Waals surface area contributed by atoms with Crippen LogP contribution in [0.25, 0.3) is 219 Å². The van der Waals surface area contributed by atoms with Crippen molar-refractivity contribution in [2.75, 3.05) is 0 Å². The van der Waals surface area contributed by atoms with Crippen molar-refractivity contribution in [1.82, 2.24) is 0 Å². The van der Waals surface area contributed by atoms with E-state index in [1.807, 2.05) is 11.3 Å². The van der Waals surface area contributed by atoms with Gasteiger partial charge >= 0.3 is 0 Å². The van der Waals surface area contributed by atoms with Gasteiger partial charge in [0.1, 0.15) is 0 Å². The maximum atomic E-state index is 2.52. The molecule has 682 valence electrons. The van der Waals surface area contributed by atoms with E-state index in [0.29, 0.717) is 0 Å². The summed E-state index contributed by atoms with van der Waals surface area (Å²) in [5.41, 5.74) is 53.9. The fourth-order valence-electron chi connectivity index (χ4n) is 26.4. The van der Waals surface area contributed by atoms with E-state index < -0.39 is 0 Å². The molecular weight excluding hydrogens is 1740 g/mol. The quantitative estimate of drug-likeness (QED) is 0.142. The van der Waals surface area contributed by atoms with Crippen LogP contribution in [0.15, 0.2) is 437 Å². The molecule has 0 saturated carbocycles. The molecule has 143 heavy (non-hydrogen) atoms. The lowest BCUT2D eigenvalue weighted by atomic mass is 9.72. The topological polar surface area (TPSA) is 0 Å². The van der Waals surface area contributed by atoms with Gasteiger partial charge in [0.05, 0.1) is 0 Å². The van der Waals surface area contributed by atoms with Crippen LogP contribution >= 0.6 is 11.3 Å². The summed E-state index contributed by atoms with van der Waals surface area (Å²) in [7, 11) is 0. The highest BCUT2D eigenvalue weighted by molar-refractivity contribution is 7.26. The number of benzene rings is 22. The van der Waals surface area contributed by atoms with Crippen molar-refractivity contribution >= 4 is 74.6 Å².